The van der Waals surface area contributed by atoms with Crippen molar-refractivity contribution in [2.75, 3.05) is 7.05 Å². The van der Waals surface area contributed by atoms with Gasteiger partial charge in [-0.3, -0.25) is 14.5 Å². The first-order valence-electron chi connectivity index (χ1n) is 7.38. The molecule has 120 valence electrons. The van der Waals surface area contributed by atoms with Crippen molar-refractivity contribution in [3.8, 4) is 11.1 Å². The van der Waals surface area contributed by atoms with Crippen molar-refractivity contribution in [3.63, 3.8) is 0 Å². The number of nitrogens with two attached hydrogens (primary N) is 1. The Morgan fingerprint density at radius 1 is 1.04 bits per heavy atom. The van der Waals surface area contributed by atoms with E-state index in [1.54, 1.807) is 18.2 Å². The van der Waals surface area contributed by atoms with Crippen LogP contribution in [0, 0.1) is 0 Å². The average molecular weight is 341 g/mol. The number of halogens is 1. The van der Waals surface area contributed by atoms with Crippen LogP contribution in [-0.2, 0) is 6.54 Å². The molecule has 2 amide bonds. The number of carbonyl (C=O) groups excluding carboxylic acids is 2. The van der Waals surface area contributed by atoms with Crippen molar-refractivity contribution in [2.45, 2.75) is 6.54 Å². The van der Waals surface area contributed by atoms with Crippen LogP contribution in [0.5, 0.6) is 0 Å². The summed E-state index contributed by atoms with van der Waals surface area (Å²) in [5.41, 5.74) is 8.68. The molecule has 0 fully saturated rings. The van der Waals surface area contributed by atoms with Crippen molar-refractivity contribution in [2.24, 2.45) is 5.73 Å². The summed E-state index contributed by atoms with van der Waals surface area (Å²) in [6.45, 7) is 0.294. The lowest BCUT2D eigenvalue weighted by Gasteiger charge is -2.05. The molecule has 1 aliphatic rings. The van der Waals surface area contributed by atoms with Gasteiger partial charge >= 0.3 is 0 Å². The number of imide groups is 1. The number of hydrogen-bond donors (Lipinski definition) is 1. The maximum Gasteiger partial charge on any atom is 0.261 e. The van der Waals surface area contributed by atoms with Gasteiger partial charge in [0, 0.05) is 12.4 Å². The molecule has 0 aliphatic carbocycles. The Labute approximate surface area is 142 Å². The molecule has 0 radical (unpaired) electrons. The van der Waals surface area contributed by atoms with Crippen LogP contribution >= 0.6 is 11.6 Å². The van der Waals surface area contributed by atoms with Crippen LogP contribution in [-0.4, -0.2) is 23.8 Å². The van der Waals surface area contributed by atoms with E-state index in [1.165, 1.54) is 7.05 Å². The predicted molar refractivity (Wildman–Crippen MR) is 91.0 cm³/mol. The molecular weight excluding hydrogens is 328 g/mol. The van der Waals surface area contributed by atoms with Crippen LogP contribution in [0.3, 0.4) is 0 Å². The van der Waals surface area contributed by atoms with E-state index in [2.05, 4.69) is 0 Å². The molecule has 0 saturated heterocycles. The molecule has 2 aromatic carbocycles. The molecule has 0 unspecified atom stereocenters. The zero-order chi connectivity index (χ0) is 17.0. The lowest BCUT2D eigenvalue weighted by atomic mass is 9.99. The Bertz CT molecular complexity index is 1020. The fraction of sp³-hybridized carbons (Fsp3) is 0.111. The van der Waals surface area contributed by atoms with Crippen molar-refractivity contribution >= 4 is 34.4 Å². The summed E-state index contributed by atoms with van der Waals surface area (Å²) in [5, 5.41) is 1.32. The molecule has 2 heterocycles. The van der Waals surface area contributed by atoms with Crippen molar-refractivity contribution < 1.29 is 14.0 Å². The summed E-state index contributed by atoms with van der Waals surface area (Å²) in [7, 11) is 1.48. The lowest BCUT2D eigenvalue weighted by molar-refractivity contribution is 0.0693. The third-order valence-electron chi connectivity index (χ3n) is 4.25. The fourth-order valence-corrected chi connectivity index (χ4v) is 3.24. The molecule has 4 rings (SSSR count). The Hall–Kier alpha value is -2.63. The Morgan fingerprint density at radius 2 is 1.79 bits per heavy atom. The molecule has 5 nitrogen and oxygen atoms in total. The van der Waals surface area contributed by atoms with E-state index < -0.39 is 0 Å². The average Bonchev–Trinajstić information content (AvgIpc) is 3.11. The second-order valence-electron chi connectivity index (χ2n) is 5.72. The third kappa shape index (κ3) is 2.06. The smallest absolute Gasteiger partial charge is 0.261 e. The first-order valence-corrected chi connectivity index (χ1v) is 7.76. The highest BCUT2D eigenvalue weighted by Crippen LogP contribution is 2.34. The molecule has 6 heteroatoms. The number of benzene rings is 2. The standard InChI is InChI=1S/C18H13ClN2O3/c1-21-17(22)13-3-2-9(6-14(13)18(21)23)10-4-11-5-12(8-20)24-16(11)15(19)7-10/h2-7H,8,20H2,1H3. The van der Waals surface area contributed by atoms with Crippen LogP contribution in [0.25, 0.3) is 22.1 Å². The summed E-state index contributed by atoms with van der Waals surface area (Å²) >= 11 is 6.31. The van der Waals surface area contributed by atoms with Gasteiger partial charge in [-0.05, 0) is 41.5 Å². The molecule has 2 N–H and O–H groups in total. The van der Waals surface area contributed by atoms with Gasteiger partial charge in [-0.15, -0.1) is 0 Å². The quantitative estimate of drug-likeness (QED) is 0.725. The Morgan fingerprint density at radius 3 is 2.54 bits per heavy atom. The largest absolute Gasteiger partial charge is 0.458 e. The predicted octanol–water partition coefficient (Wildman–Crippen LogP) is 3.44. The van der Waals surface area contributed by atoms with Crippen LogP contribution < -0.4 is 5.73 Å². The van der Waals surface area contributed by atoms with E-state index in [0.717, 1.165) is 21.4 Å². The van der Waals surface area contributed by atoms with Crippen LogP contribution in [0.2, 0.25) is 5.02 Å². The molecule has 1 aromatic heterocycles. The molecular formula is C18H13ClN2O3. The van der Waals surface area contributed by atoms with Crippen molar-refractivity contribution in [1.29, 1.82) is 0 Å². The number of fused-ring (bicyclic) bond motifs is 2. The van der Waals surface area contributed by atoms with Gasteiger partial charge in [-0.25, -0.2) is 0 Å². The van der Waals surface area contributed by atoms with Gasteiger partial charge < -0.3 is 10.2 Å². The van der Waals surface area contributed by atoms with Crippen molar-refractivity contribution in [1.82, 2.24) is 4.90 Å². The maximum atomic E-state index is 12.2. The monoisotopic (exact) mass is 340 g/mol. The van der Waals surface area contributed by atoms with Crippen molar-refractivity contribution in [3.05, 3.63) is 58.3 Å². The second kappa shape index (κ2) is 5.19. The van der Waals surface area contributed by atoms with E-state index in [9.17, 15) is 9.59 Å². The third-order valence-corrected chi connectivity index (χ3v) is 4.53. The summed E-state index contributed by atoms with van der Waals surface area (Å²) in [6, 6.07) is 10.8. The van der Waals surface area contributed by atoms with Crippen LogP contribution in [0.15, 0.2) is 40.8 Å². The van der Waals surface area contributed by atoms with Gasteiger partial charge in [0.2, 0.25) is 0 Å². The number of amides is 2. The van der Waals surface area contributed by atoms with E-state index in [4.69, 9.17) is 21.8 Å². The highest BCUT2D eigenvalue weighted by atomic mass is 35.5. The molecule has 24 heavy (non-hydrogen) atoms. The number of hydrogen-bond acceptors (Lipinski definition) is 4. The second-order valence-corrected chi connectivity index (χ2v) is 6.13. The summed E-state index contributed by atoms with van der Waals surface area (Å²) < 4.78 is 5.60. The van der Waals surface area contributed by atoms with Gasteiger partial charge in [0.05, 0.1) is 22.7 Å². The van der Waals surface area contributed by atoms with Crippen LogP contribution in [0.1, 0.15) is 26.5 Å². The zero-order valence-corrected chi connectivity index (χ0v) is 13.6. The fourth-order valence-electron chi connectivity index (χ4n) is 2.97. The Kier molecular flexibility index (Phi) is 3.23. The number of nitrogens with zero attached hydrogens (tertiary/aromatic N) is 1. The normalized spacial score (nSPS) is 13.9. The zero-order valence-electron chi connectivity index (χ0n) is 12.8. The van der Waals surface area contributed by atoms with E-state index in [1.807, 2.05) is 18.2 Å². The minimum atomic E-state index is -0.294. The molecule has 3 aromatic rings. The minimum absolute atomic E-state index is 0.280. The minimum Gasteiger partial charge on any atom is -0.458 e. The highest BCUT2D eigenvalue weighted by Gasteiger charge is 2.32. The molecule has 0 bridgehead atoms. The lowest BCUT2D eigenvalue weighted by Crippen LogP contribution is -2.24. The molecule has 0 spiro atoms. The maximum absolute atomic E-state index is 12.2. The SMILES string of the molecule is CN1C(=O)c2ccc(-c3cc(Cl)c4oc(CN)cc4c3)cc2C1=O. The molecule has 0 atom stereocenters. The van der Waals surface area contributed by atoms with E-state index >= 15 is 0 Å². The summed E-state index contributed by atoms with van der Waals surface area (Å²) in [6.07, 6.45) is 0. The number of furan rings is 1. The summed E-state index contributed by atoms with van der Waals surface area (Å²) in [5.74, 6) is 0.0793. The van der Waals surface area contributed by atoms with Crippen LogP contribution in [0.4, 0.5) is 0 Å². The summed E-state index contributed by atoms with van der Waals surface area (Å²) in [4.78, 5) is 25.3. The topological polar surface area (TPSA) is 76.5 Å². The van der Waals surface area contributed by atoms with E-state index in [0.29, 0.717) is 34.0 Å². The van der Waals surface area contributed by atoms with E-state index in [-0.39, 0.29) is 11.8 Å². The number of carbonyl (C=O) groups is 2. The first-order chi connectivity index (χ1) is 11.5. The number of rotatable bonds is 2. The first kappa shape index (κ1) is 14.9. The van der Waals surface area contributed by atoms with Gasteiger partial charge in [0.25, 0.3) is 11.8 Å². The van der Waals surface area contributed by atoms with Gasteiger partial charge in [0.15, 0.2) is 5.58 Å². The van der Waals surface area contributed by atoms with Gasteiger partial charge in [0.1, 0.15) is 5.76 Å². The molecule has 0 saturated carbocycles. The Balaban J connectivity index is 1.87. The van der Waals surface area contributed by atoms with Gasteiger partial charge in [-0.2, -0.15) is 0 Å². The molecule has 1 aliphatic heterocycles. The van der Waals surface area contributed by atoms with Gasteiger partial charge in [-0.1, -0.05) is 17.7 Å². The highest BCUT2D eigenvalue weighted by molar-refractivity contribution is 6.35.